The van der Waals surface area contributed by atoms with Crippen molar-refractivity contribution >= 4 is 22.9 Å². The molecule has 0 saturated heterocycles. The van der Waals surface area contributed by atoms with E-state index in [-0.39, 0.29) is 11.5 Å². The summed E-state index contributed by atoms with van der Waals surface area (Å²) in [5.41, 5.74) is 8.75. The summed E-state index contributed by atoms with van der Waals surface area (Å²) in [5, 5.41) is 21.1. The summed E-state index contributed by atoms with van der Waals surface area (Å²) >= 11 is 0. The number of hydrogen-bond acceptors (Lipinski definition) is 7. The van der Waals surface area contributed by atoms with E-state index in [1.807, 2.05) is 37.5 Å². The topological polar surface area (TPSA) is 119 Å². The minimum absolute atomic E-state index is 0.215. The van der Waals surface area contributed by atoms with Gasteiger partial charge in [-0.2, -0.15) is 10.1 Å². The van der Waals surface area contributed by atoms with Crippen LogP contribution in [0.25, 0.3) is 22.4 Å². The zero-order valence-corrected chi connectivity index (χ0v) is 16.7. The van der Waals surface area contributed by atoms with Crippen LogP contribution in [0, 0.1) is 0 Å². The molecule has 29 heavy (non-hydrogen) atoms. The van der Waals surface area contributed by atoms with Crippen molar-refractivity contribution in [2.45, 2.75) is 44.6 Å². The molecule has 1 aliphatic carbocycles. The van der Waals surface area contributed by atoms with Gasteiger partial charge in [0.25, 0.3) is 0 Å². The second-order valence-electron chi connectivity index (χ2n) is 7.60. The minimum Gasteiger partial charge on any atom is -0.390 e. The Morgan fingerprint density at radius 3 is 2.55 bits per heavy atom. The number of anilines is 2. The Hall–Kier alpha value is -3.20. The van der Waals surface area contributed by atoms with Gasteiger partial charge in [0.1, 0.15) is 5.52 Å². The van der Waals surface area contributed by atoms with Crippen molar-refractivity contribution < 1.29 is 5.11 Å². The molecule has 1 saturated carbocycles. The lowest BCUT2D eigenvalue weighted by Crippen LogP contribution is -2.26. The quantitative estimate of drug-likeness (QED) is 0.478. The van der Waals surface area contributed by atoms with E-state index in [0.717, 1.165) is 35.3 Å². The summed E-state index contributed by atoms with van der Waals surface area (Å²) in [6, 6.07) is 5.78. The van der Waals surface area contributed by atoms with Gasteiger partial charge in [-0.3, -0.25) is 0 Å². The predicted molar refractivity (Wildman–Crippen MR) is 113 cm³/mol. The SMILES string of the molecule is CC1(O)CCCCC1.CNc1nc(N)nn2ccc(-c3ccc4nccn4n3)c12. The van der Waals surface area contributed by atoms with E-state index < -0.39 is 0 Å². The highest BCUT2D eigenvalue weighted by atomic mass is 16.3. The maximum atomic E-state index is 9.37. The van der Waals surface area contributed by atoms with Gasteiger partial charge >= 0.3 is 0 Å². The lowest BCUT2D eigenvalue weighted by atomic mass is 9.87. The Labute approximate surface area is 168 Å². The molecule has 4 aromatic rings. The first-order valence-corrected chi connectivity index (χ1v) is 9.83. The normalized spacial score (nSPS) is 15.8. The maximum Gasteiger partial charge on any atom is 0.240 e. The summed E-state index contributed by atoms with van der Waals surface area (Å²) in [4.78, 5) is 8.41. The molecule has 1 fully saturated rings. The van der Waals surface area contributed by atoms with Crippen LogP contribution in [-0.2, 0) is 0 Å². The van der Waals surface area contributed by atoms with E-state index in [4.69, 9.17) is 5.73 Å². The summed E-state index contributed by atoms with van der Waals surface area (Å²) in [6.07, 6.45) is 11.1. The standard InChI is InChI=1S/C13H12N8.C7H14O/c1-15-12-11-8(4-6-21(11)19-13(14)17-12)9-2-3-10-16-5-7-20(10)18-9;1-7(8)5-3-2-4-6-7/h2-7H,1H3,(H3,14,15,17,19);8H,2-6H2,1H3. The van der Waals surface area contributed by atoms with Crippen LogP contribution in [0.2, 0.25) is 0 Å². The Morgan fingerprint density at radius 2 is 1.86 bits per heavy atom. The van der Waals surface area contributed by atoms with Crippen molar-refractivity contribution in [2.24, 2.45) is 0 Å². The molecule has 1 aliphatic rings. The molecule has 9 nitrogen and oxygen atoms in total. The highest BCUT2D eigenvalue weighted by Gasteiger charge is 2.22. The van der Waals surface area contributed by atoms with Crippen molar-refractivity contribution in [2.75, 3.05) is 18.1 Å². The number of aromatic nitrogens is 6. The summed E-state index contributed by atoms with van der Waals surface area (Å²) in [7, 11) is 1.80. The number of aliphatic hydroxyl groups is 1. The van der Waals surface area contributed by atoms with Crippen LogP contribution in [0.1, 0.15) is 39.0 Å². The van der Waals surface area contributed by atoms with Crippen LogP contribution in [0.5, 0.6) is 0 Å². The Bertz CT molecular complexity index is 1120. The first-order chi connectivity index (χ1) is 14.0. The zero-order chi connectivity index (χ0) is 20.4. The fourth-order valence-electron chi connectivity index (χ4n) is 3.69. The van der Waals surface area contributed by atoms with E-state index in [1.54, 1.807) is 22.3 Å². The fourth-order valence-corrected chi connectivity index (χ4v) is 3.69. The molecule has 4 N–H and O–H groups in total. The number of fused-ring (bicyclic) bond motifs is 2. The Balaban J connectivity index is 0.000000216. The molecular weight excluding hydrogens is 368 g/mol. The van der Waals surface area contributed by atoms with Crippen molar-refractivity contribution in [3.63, 3.8) is 0 Å². The molecule has 0 amide bonds. The fraction of sp³-hybridized carbons (Fsp3) is 0.400. The lowest BCUT2D eigenvalue weighted by molar-refractivity contribution is 0.0225. The number of nitrogens with two attached hydrogens (primary N) is 1. The van der Waals surface area contributed by atoms with E-state index >= 15 is 0 Å². The molecule has 9 heteroatoms. The van der Waals surface area contributed by atoms with Crippen molar-refractivity contribution in [1.82, 2.24) is 29.2 Å². The van der Waals surface area contributed by atoms with Crippen LogP contribution < -0.4 is 11.1 Å². The maximum absolute atomic E-state index is 9.37. The van der Waals surface area contributed by atoms with Gasteiger partial charge < -0.3 is 16.2 Å². The zero-order valence-electron chi connectivity index (χ0n) is 16.7. The monoisotopic (exact) mass is 394 g/mol. The van der Waals surface area contributed by atoms with Crippen LogP contribution in [0.3, 0.4) is 0 Å². The van der Waals surface area contributed by atoms with E-state index in [0.29, 0.717) is 5.82 Å². The third kappa shape index (κ3) is 4.00. The molecule has 0 unspecified atom stereocenters. The van der Waals surface area contributed by atoms with Crippen molar-refractivity contribution in [1.29, 1.82) is 0 Å². The molecule has 5 rings (SSSR count). The molecule has 0 aliphatic heterocycles. The molecule has 0 spiro atoms. The van der Waals surface area contributed by atoms with Gasteiger partial charge in [0.15, 0.2) is 11.5 Å². The van der Waals surface area contributed by atoms with E-state index in [1.165, 1.54) is 19.3 Å². The number of rotatable bonds is 2. The summed E-state index contributed by atoms with van der Waals surface area (Å²) < 4.78 is 3.43. The van der Waals surface area contributed by atoms with Gasteiger partial charge in [0, 0.05) is 31.2 Å². The highest BCUT2D eigenvalue weighted by Crippen LogP contribution is 2.28. The first kappa shape index (κ1) is 19.1. The van der Waals surface area contributed by atoms with Crippen LogP contribution in [0.4, 0.5) is 11.8 Å². The molecule has 4 aromatic heterocycles. The third-order valence-corrected chi connectivity index (χ3v) is 5.23. The van der Waals surface area contributed by atoms with Crippen LogP contribution in [0.15, 0.2) is 36.8 Å². The number of hydrogen-bond donors (Lipinski definition) is 3. The van der Waals surface area contributed by atoms with Gasteiger partial charge in [-0.05, 0) is 38.0 Å². The molecule has 0 atom stereocenters. The second kappa shape index (κ2) is 7.67. The average Bonchev–Trinajstić information content (AvgIpc) is 3.33. The molecule has 0 bridgehead atoms. The van der Waals surface area contributed by atoms with Gasteiger partial charge in [-0.15, -0.1) is 5.10 Å². The van der Waals surface area contributed by atoms with Gasteiger partial charge in [-0.1, -0.05) is 19.3 Å². The molecular formula is C20H26N8O. The molecule has 0 radical (unpaired) electrons. The minimum atomic E-state index is -0.321. The van der Waals surface area contributed by atoms with Gasteiger partial charge in [0.2, 0.25) is 5.95 Å². The smallest absolute Gasteiger partial charge is 0.240 e. The largest absolute Gasteiger partial charge is 0.390 e. The summed E-state index contributed by atoms with van der Waals surface area (Å²) in [5.74, 6) is 0.877. The van der Waals surface area contributed by atoms with E-state index in [2.05, 4.69) is 25.5 Å². The predicted octanol–water partition coefficient (Wildman–Crippen LogP) is 2.76. The number of nitrogen functional groups attached to an aromatic ring is 1. The average molecular weight is 394 g/mol. The van der Waals surface area contributed by atoms with Crippen LogP contribution in [-0.4, -0.2) is 47.0 Å². The van der Waals surface area contributed by atoms with Crippen molar-refractivity contribution in [3.8, 4) is 11.3 Å². The lowest BCUT2D eigenvalue weighted by Gasteiger charge is -2.27. The van der Waals surface area contributed by atoms with Crippen molar-refractivity contribution in [3.05, 3.63) is 36.8 Å². The van der Waals surface area contributed by atoms with Gasteiger partial charge in [-0.25, -0.2) is 14.0 Å². The van der Waals surface area contributed by atoms with Gasteiger partial charge in [0.05, 0.1) is 11.3 Å². The number of imidazole rings is 1. The number of nitrogens with zero attached hydrogens (tertiary/aromatic N) is 6. The van der Waals surface area contributed by atoms with Crippen LogP contribution >= 0.6 is 0 Å². The Kier molecular flexibility index (Phi) is 5.06. The molecule has 0 aromatic carbocycles. The molecule has 152 valence electrons. The molecule has 4 heterocycles. The number of nitrogens with one attached hydrogen (secondary N) is 1. The second-order valence-corrected chi connectivity index (χ2v) is 7.60. The summed E-state index contributed by atoms with van der Waals surface area (Å²) in [6.45, 7) is 1.94. The Morgan fingerprint density at radius 1 is 1.07 bits per heavy atom. The van der Waals surface area contributed by atoms with E-state index in [9.17, 15) is 5.11 Å². The highest BCUT2D eigenvalue weighted by molar-refractivity contribution is 5.87. The third-order valence-electron chi connectivity index (χ3n) is 5.23. The first-order valence-electron chi connectivity index (χ1n) is 9.83.